The third-order valence-electron chi connectivity index (χ3n) is 5.70. The van der Waals surface area contributed by atoms with Gasteiger partial charge in [-0.3, -0.25) is 14.5 Å². The highest BCUT2D eigenvalue weighted by Gasteiger charge is 2.41. The number of anilines is 1. The maximum Gasteiger partial charge on any atom is 0.259 e. The van der Waals surface area contributed by atoms with Crippen molar-refractivity contribution in [2.75, 3.05) is 11.9 Å². The highest BCUT2D eigenvalue weighted by atomic mass is 32.1. The van der Waals surface area contributed by atoms with Crippen LogP contribution >= 0.6 is 11.3 Å². The lowest BCUT2D eigenvalue weighted by Crippen LogP contribution is -2.33. The van der Waals surface area contributed by atoms with E-state index in [-0.39, 0.29) is 17.7 Å². The summed E-state index contributed by atoms with van der Waals surface area (Å²) in [4.78, 5) is 26.6. The number of carbonyl (C=O) groups is 2. The van der Waals surface area contributed by atoms with Crippen LogP contribution in [0, 0.1) is 0 Å². The van der Waals surface area contributed by atoms with Gasteiger partial charge in [0.1, 0.15) is 0 Å². The zero-order valence-electron chi connectivity index (χ0n) is 16.0. The van der Waals surface area contributed by atoms with Crippen LogP contribution in [0.4, 0.5) is 5.69 Å². The molecule has 0 fully saturated rings. The fourth-order valence-corrected chi connectivity index (χ4v) is 5.13. The Morgan fingerprint density at radius 3 is 2.79 bits per heavy atom. The Morgan fingerprint density at radius 2 is 2.11 bits per heavy atom. The molecule has 0 saturated carbocycles. The summed E-state index contributed by atoms with van der Waals surface area (Å²) in [5.41, 5.74) is 5.89. The summed E-state index contributed by atoms with van der Waals surface area (Å²) >= 11 is 1.62. The smallest absolute Gasteiger partial charge is 0.259 e. The fourth-order valence-electron chi connectivity index (χ4n) is 4.44. The molecule has 0 unspecified atom stereocenters. The molecule has 3 aromatic rings. The Labute approximate surface area is 167 Å². The average molecular weight is 391 g/mol. The van der Waals surface area contributed by atoms with E-state index < -0.39 is 0 Å². The van der Waals surface area contributed by atoms with E-state index in [1.165, 1.54) is 11.8 Å². The normalized spacial score (nSPS) is 18.6. The first-order valence-electron chi connectivity index (χ1n) is 9.45. The first-order valence-corrected chi connectivity index (χ1v) is 10.4. The van der Waals surface area contributed by atoms with Gasteiger partial charge in [0.2, 0.25) is 5.91 Å². The monoisotopic (exact) mass is 391 g/mol. The minimum absolute atomic E-state index is 0.184. The van der Waals surface area contributed by atoms with Crippen LogP contribution in [-0.4, -0.2) is 27.8 Å². The van der Waals surface area contributed by atoms with Gasteiger partial charge in [0.05, 0.1) is 17.6 Å². The van der Waals surface area contributed by atoms with E-state index in [1.807, 2.05) is 11.4 Å². The first kappa shape index (κ1) is 17.3. The molecule has 2 amide bonds. The van der Waals surface area contributed by atoms with E-state index in [4.69, 9.17) is 0 Å². The van der Waals surface area contributed by atoms with Crippen LogP contribution in [0.5, 0.6) is 0 Å². The molecule has 1 aromatic carbocycles. The number of benzene rings is 1. The van der Waals surface area contributed by atoms with Gasteiger partial charge in [0.25, 0.3) is 5.91 Å². The second kappa shape index (κ2) is 6.07. The molecule has 5 rings (SSSR count). The van der Waals surface area contributed by atoms with E-state index >= 15 is 0 Å². The first-order chi connectivity index (χ1) is 13.5. The number of hydrogen-bond acceptors (Lipinski definition) is 4. The maximum absolute atomic E-state index is 13.3. The van der Waals surface area contributed by atoms with Crippen molar-refractivity contribution in [2.45, 2.75) is 32.7 Å². The Bertz CT molecular complexity index is 1150. The largest absolute Gasteiger partial charge is 0.356 e. The van der Waals surface area contributed by atoms with Crippen LogP contribution in [0.2, 0.25) is 0 Å². The van der Waals surface area contributed by atoms with Crippen LogP contribution in [-0.2, 0) is 9.59 Å². The Balaban J connectivity index is 1.82. The van der Waals surface area contributed by atoms with Gasteiger partial charge < -0.3 is 9.88 Å². The molecule has 4 heterocycles. The summed E-state index contributed by atoms with van der Waals surface area (Å²) in [5, 5.41) is 8.80. The Kier molecular flexibility index (Phi) is 3.74. The van der Waals surface area contributed by atoms with Crippen molar-refractivity contribution in [2.24, 2.45) is 0 Å². The molecule has 0 radical (unpaired) electrons. The number of nitrogens with zero attached hydrogens (tertiary/aromatic N) is 2. The number of nitrogens with one attached hydrogen (secondary N) is 1. The van der Waals surface area contributed by atoms with Gasteiger partial charge in [-0.2, -0.15) is 11.3 Å². The molecular weight excluding hydrogens is 370 g/mol. The molecule has 6 heteroatoms. The summed E-state index contributed by atoms with van der Waals surface area (Å²) in [6.45, 7) is 6.08. The fraction of sp³-hybridized carbons (Fsp3) is 0.273. The minimum Gasteiger partial charge on any atom is -0.356 e. The molecule has 0 spiro atoms. The van der Waals surface area contributed by atoms with Gasteiger partial charge in [0.15, 0.2) is 0 Å². The summed E-state index contributed by atoms with van der Waals surface area (Å²) in [6.07, 6.45) is 2.18. The number of aromatic nitrogens is 1. The highest BCUT2D eigenvalue weighted by molar-refractivity contribution is 7.08. The quantitative estimate of drug-likeness (QED) is 0.701. The molecule has 28 heavy (non-hydrogen) atoms. The standard InChI is InChI=1S/C22H21N3O2S/c1-12(2)24-9-15-19(14-7-8-28-11-14)21-17(10-25(13(3)26)22(21)27)23-16-5-4-6-18(24)20(15)16/h4-9,11-12,19,23H,10H2,1-3H3/t19-/m0/s1. The number of hydrogen-bond donors (Lipinski definition) is 1. The van der Waals surface area contributed by atoms with Crippen molar-refractivity contribution in [1.82, 2.24) is 9.47 Å². The van der Waals surface area contributed by atoms with Crippen LogP contribution < -0.4 is 5.32 Å². The summed E-state index contributed by atoms with van der Waals surface area (Å²) < 4.78 is 2.27. The minimum atomic E-state index is -0.220. The number of rotatable bonds is 2. The van der Waals surface area contributed by atoms with Crippen LogP contribution in [0.25, 0.3) is 10.9 Å². The zero-order valence-corrected chi connectivity index (χ0v) is 16.8. The second-order valence-corrected chi connectivity index (χ2v) is 8.48. The number of thiophene rings is 1. The Hall–Kier alpha value is -2.86. The van der Waals surface area contributed by atoms with E-state index in [1.54, 1.807) is 11.3 Å². The molecule has 0 saturated heterocycles. The average Bonchev–Trinajstić information content (AvgIpc) is 3.35. The SMILES string of the molecule is CC(=O)N1CC2=C(C1=O)[C@@H](c1ccsc1)c1cn(C(C)C)c3cccc(c13)N2. The lowest BCUT2D eigenvalue weighted by atomic mass is 9.86. The van der Waals surface area contributed by atoms with Crippen LogP contribution in [0.15, 0.2) is 52.5 Å². The van der Waals surface area contributed by atoms with Crippen molar-refractivity contribution in [3.05, 3.63) is 63.6 Å². The topological polar surface area (TPSA) is 54.3 Å². The van der Waals surface area contributed by atoms with Crippen molar-refractivity contribution in [1.29, 1.82) is 0 Å². The van der Waals surface area contributed by atoms with Gasteiger partial charge in [-0.05, 0) is 53.9 Å². The summed E-state index contributed by atoms with van der Waals surface area (Å²) in [7, 11) is 0. The summed E-state index contributed by atoms with van der Waals surface area (Å²) in [5.74, 6) is -0.594. The molecule has 1 atom stereocenters. The number of carbonyl (C=O) groups excluding carboxylic acids is 2. The predicted molar refractivity (Wildman–Crippen MR) is 112 cm³/mol. The molecule has 2 aliphatic heterocycles. The highest BCUT2D eigenvalue weighted by Crippen LogP contribution is 2.47. The van der Waals surface area contributed by atoms with Crippen molar-refractivity contribution in [3.8, 4) is 0 Å². The number of amides is 2. The molecule has 1 N–H and O–H groups in total. The van der Waals surface area contributed by atoms with Crippen LogP contribution in [0.1, 0.15) is 43.9 Å². The van der Waals surface area contributed by atoms with E-state index in [9.17, 15) is 9.59 Å². The van der Waals surface area contributed by atoms with Crippen LogP contribution in [0.3, 0.4) is 0 Å². The molecule has 2 aliphatic rings. The van der Waals surface area contributed by atoms with Gasteiger partial charge in [0, 0.05) is 41.9 Å². The number of imide groups is 1. The van der Waals surface area contributed by atoms with Crippen molar-refractivity contribution < 1.29 is 9.59 Å². The van der Waals surface area contributed by atoms with E-state index in [0.29, 0.717) is 18.2 Å². The van der Waals surface area contributed by atoms with Gasteiger partial charge in [-0.1, -0.05) is 6.07 Å². The van der Waals surface area contributed by atoms with Gasteiger partial charge in [-0.25, -0.2) is 0 Å². The Morgan fingerprint density at radius 1 is 1.29 bits per heavy atom. The third kappa shape index (κ3) is 2.31. The molecule has 5 nitrogen and oxygen atoms in total. The third-order valence-corrected chi connectivity index (χ3v) is 6.40. The summed E-state index contributed by atoms with van der Waals surface area (Å²) in [6, 6.07) is 8.61. The van der Waals surface area contributed by atoms with E-state index in [0.717, 1.165) is 33.4 Å². The van der Waals surface area contributed by atoms with Gasteiger partial charge in [-0.15, -0.1) is 0 Å². The lowest BCUT2D eigenvalue weighted by molar-refractivity contribution is -0.139. The maximum atomic E-state index is 13.3. The lowest BCUT2D eigenvalue weighted by Gasteiger charge is -2.18. The molecule has 0 bridgehead atoms. The second-order valence-electron chi connectivity index (χ2n) is 7.70. The van der Waals surface area contributed by atoms with Crippen molar-refractivity contribution in [3.63, 3.8) is 0 Å². The van der Waals surface area contributed by atoms with Gasteiger partial charge >= 0.3 is 0 Å². The molecular formula is C22H21N3O2S. The van der Waals surface area contributed by atoms with E-state index in [2.05, 4.69) is 53.5 Å². The molecule has 142 valence electrons. The predicted octanol–water partition coefficient (Wildman–Crippen LogP) is 4.48. The molecule has 2 aromatic heterocycles. The zero-order chi connectivity index (χ0) is 19.6. The van der Waals surface area contributed by atoms with Crippen molar-refractivity contribution >= 4 is 39.7 Å². The molecule has 0 aliphatic carbocycles.